The number of carbonyl (C=O) groups is 3. The molecule has 1 aromatic rings. The van der Waals surface area contributed by atoms with Crippen LogP contribution in [0.25, 0.3) is 0 Å². The summed E-state index contributed by atoms with van der Waals surface area (Å²) in [6, 6.07) is 2.41. The van der Waals surface area contributed by atoms with Crippen molar-refractivity contribution < 1.29 is 33.9 Å². The number of amides is 1. The first kappa shape index (κ1) is 20.2. The van der Waals surface area contributed by atoms with Crippen LogP contribution in [0, 0.1) is 0 Å². The standard InChI is InChI=1S/C18H23BN2O7/c1-2-11(22)7-13(20)17(23)21-8-12(9-21)27-14-4-3-10-5-6-19(26)28-16(10)15(14)18(24)25/h3-4,12-13,26H,2,5-9,20H2,1H3,(H,24,25)/t13-/m1/s1. The summed E-state index contributed by atoms with van der Waals surface area (Å²) >= 11 is 0. The molecule has 0 aliphatic carbocycles. The fourth-order valence-electron chi connectivity index (χ4n) is 3.30. The third kappa shape index (κ3) is 4.12. The normalized spacial score (nSPS) is 17.2. The molecule has 150 valence electrons. The summed E-state index contributed by atoms with van der Waals surface area (Å²) in [6.07, 6.45) is 0.858. The molecule has 2 aliphatic rings. The molecule has 2 aliphatic heterocycles. The number of benzene rings is 1. The predicted octanol–water partition coefficient (Wildman–Crippen LogP) is 0.0863. The Bertz CT molecular complexity index is 794. The zero-order valence-electron chi connectivity index (χ0n) is 15.6. The van der Waals surface area contributed by atoms with E-state index in [4.69, 9.17) is 15.1 Å². The molecule has 4 N–H and O–H groups in total. The van der Waals surface area contributed by atoms with Crippen molar-refractivity contribution in [1.29, 1.82) is 0 Å². The van der Waals surface area contributed by atoms with Crippen molar-refractivity contribution >= 4 is 24.8 Å². The Balaban J connectivity index is 1.65. The van der Waals surface area contributed by atoms with Gasteiger partial charge in [0.2, 0.25) is 5.91 Å². The maximum atomic E-state index is 12.2. The molecule has 1 saturated heterocycles. The topological polar surface area (TPSA) is 139 Å². The Morgan fingerprint density at radius 1 is 1.39 bits per heavy atom. The number of carbonyl (C=O) groups excluding carboxylic acids is 2. The number of hydrogen-bond donors (Lipinski definition) is 3. The Morgan fingerprint density at radius 2 is 2.11 bits per heavy atom. The van der Waals surface area contributed by atoms with E-state index in [2.05, 4.69) is 0 Å². The average molecular weight is 390 g/mol. The summed E-state index contributed by atoms with van der Waals surface area (Å²) in [4.78, 5) is 36.9. The van der Waals surface area contributed by atoms with Gasteiger partial charge in [0.15, 0.2) is 0 Å². The molecule has 0 saturated carbocycles. The van der Waals surface area contributed by atoms with Gasteiger partial charge in [-0.2, -0.15) is 0 Å². The van der Waals surface area contributed by atoms with Gasteiger partial charge >= 0.3 is 13.1 Å². The van der Waals surface area contributed by atoms with Crippen LogP contribution in [0.3, 0.4) is 0 Å². The van der Waals surface area contributed by atoms with Gasteiger partial charge in [-0.1, -0.05) is 13.0 Å². The highest BCUT2D eigenvalue weighted by Crippen LogP contribution is 2.37. The van der Waals surface area contributed by atoms with E-state index in [-0.39, 0.29) is 54.4 Å². The maximum Gasteiger partial charge on any atom is 0.522 e. The monoisotopic (exact) mass is 390 g/mol. The largest absolute Gasteiger partial charge is 0.535 e. The smallest absolute Gasteiger partial charge is 0.522 e. The molecule has 0 unspecified atom stereocenters. The molecule has 10 heteroatoms. The zero-order chi connectivity index (χ0) is 20.4. The highest BCUT2D eigenvalue weighted by atomic mass is 16.5. The highest BCUT2D eigenvalue weighted by Gasteiger charge is 2.37. The van der Waals surface area contributed by atoms with Crippen LogP contribution in [0.4, 0.5) is 0 Å². The van der Waals surface area contributed by atoms with Crippen LogP contribution in [0.15, 0.2) is 12.1 Å². The van der Waals surface area contributed by atoms with Crippen molar-refractivity contribution in [1.82, 2.24) is 4.90 Å². The Kier molecular flexibility index (Phi) is 5.90. The van der Waals surface area contributed by atoms with E-state index in [1.54, 1.807) is 19.1 Å². The minimum Gasteiger partial charge on any atom is -0.535 e. The van der Waals surface area contributed by atoms with E-state index >= 15 is 0 Å². The lowest BCUT2D eigenvalue weighted by Gasteiger charge is -2.40. The number of ether oxygens (including phenoxy) is 1. The van der Waals surface area contributed by atoms with Gasteiger partial charge < -0.3 is 30.2 Å². The minimum absolute atomic E-state index is 0.00497. The number of nitrogens with two attached hydrogens (primary N) is 1. The SMILES string of the molecule is CCC(=O)C[C@@H](N)C(=O)N1CC(Oc2ccc3c(c2C(=O)O)OB(O)CC3)C1. The van der Waals surface area contributed by atoms with Gasteiger partial charge in [0.05, 0.1) is 19.1 Å². The van der Waals surface area contributed by atoms with Crippen molar-refractivity contribution in [2.24, 2.45) is 5.73 Å². The lowest BCUT2D eigenvalue weighted by Crippen LogP contribution is -2.60. The van der Waals surface area contributed by atoms with E-state index in [1.165, 1.54) is 4.90 Å². The number of ketones is 1. The van der Waals surface area contributed by atoms with Crippen LogP contribution in [0.2, 0.25) is 6.32 Å². The number of rotatable bonds is 7. The molecule has 2 heterocycles. The summed E-state index contributed by atoms with van der Waals surface area (Å²) in [5.74, 6) is -1.36. The van der Waals surface area contributed by atoms with Gasteiger partial charge in [0.25, 0.3) is 0 Å². The third-order valence-corrected chi connectivity index (χ3v) is 4.94. The summed E-state index contributed by atoms with van der Waals surface area (Å²) in [5.41, 5.74) is 6.35. The number of carboxylic acids is 1. The van der Waals surface area contributed by atoms with Gasteiger partial charge in [-0.25, -0.2) is 4.79 Å². The van der Waals surface area contributed by atoms with Gasteiger partial charge in [0, 0.05) is 12.8 Å². The molecule has 28 heavy (non-hydrogen) atoms. The van der Waals surface area contributed by atoms with Crippen LogP contribution in [-0.4, -0.2) is 65.0 Å². The molecule has 9 nitrogen and oxygen atoms in total. The molecule has 1 fully saturated rings. The van der Waals surface area contributed by atoms with Gasteiger partial charge in [-0.15, -0.1) is 0 Å². The molecule has 1 aromatic carbocycles. The fraction of sp³-hybridized carbons (Fsp3) is 0.500. The fourth-order valence-corrected chi connectivity index (χ4v) is 3.30. The molecule has 0 spiro atoms. The first-order valence-electron chi connectivity index (χ1n) is 9.26. The zero-order valence-corrected chi connectivity index (χ0v) is 15.6. The van der Waals surface area contributed by atoms with Crippen molar-refractivity contribution in [2.45, 2.75) is 44.7 Å². The Labute approximate surface area is 162 Å². The Hall–Kier alpha value is -2.59. The first-order chi connectivity index (χ1) is 13.3. The number of fused-ring (bicyclic) bond motifs is 1. The summed E-state index contributed by atoms with van der Waals surface area (Å²) in [5, 5.41) is 19.3. The van der Waals surface area contributed by atoms with Crippen molar-refractivity contribution in [3.05, 3.63) is 23.3 Å². The van der Waals surface area contributed by atoms with Gasteiger partial charge in [-0.3, -0.25) is 9.59 Å². The molecule has 0 bridgehead atoms. The number of carboxylic acid groups (broad SMARTS) is 1. The minimum atomic E-state index is -1.21. The summed E-state index contributed by atoms with van der Waals surface area (Å²) in [7, 11) is -1.05. The number of Topliss-reactive ketones (excluding diaryl/α,β-unsaturated/α-hetero) is 1. The van der Waals surface area contributed by atoms with Crippen LogP contribution < -0.4 is 15.1 Å². The number of aryl methyl sites for hydroxylation is 1. The second-order valence-corrected chi connectivity index (χ2v) is 7.03. The number of likely N-dealkylation sites (tertiary alicyclic amines) is 1. The van der Waals surface area contributed by atoms with Crippen LogP contribution in [0.5, 0.6) is 11.5 Å². The highest BCUT2D eigenvalue weighted by molar-refractivity contribution is 6.44. The first-order valence-corrected chi connectivity index (χ1v) is 9.26. The predicted molar refractivity (Wildman–Crippen MR) is 99.4 cm³/mol. The van der Waals surface area contributed by atoms with E-state index in [1.807, 2.05) is 0 Å². The van der Waals surface area contributed by atoms with E-state index in [9.17, 15) is 24.5 Å². The van der Waals surface area contributed by atoms with Crippen molar-refractivity contribution in [3.63, 3.8) is 0 Å². The second-order valence-electron chi connectivity index (χ2n) is 7.03. The molecule has 1 amide bonds. The summed E-state index contributed by atoms with van der Waals surface area (Å²) < 4.78 is 11.1. The molecular weight excluding hydrogens is 367 g/mol. The van der Waals surface area contributed by atoms with Crippen LogP contribution in [-0.2, 0) is 16.0 Å². The molecule has 3 rings (SSSR count). The number of aromatic carboxylic acids is 1. The van der Waals surface area contributed by atoms with E-state index in [0.29, 0.717) is 24.7 Å². The van der Waals surface area contributed by atoms with Crippen LogP contribution in [0.1, 0.15) is 35.7 Å². The van der Waals surface area contributed by atoms with Crippen LogP contribution >= 0.6 is 0 Å². The van der Waals surface area contributed by atoms with Gasteiger partial charge in [0.1, 0.15) is 28.9 Å². The van der Waals surface area contributed by atoms with E-state index < -0.39 is 19.1 Å². The lowest BCUT2D eigenvalue weighted by molar-refractivity contribution is -0.142. The van der Waals surface area contributed by atoms with Gasteiger partial charge in [-0.05, 0) is 24.4 Å². The Morgan fingerprint density at radius 3 is 2.75 bits per heavy atom. The maximum absolute atomic E-state index is 12.2. The second kappa shape index (κ2) is 8.20. The third-order valence-electron chi connectivity index (χ3n) is 4.94. The van der Waals surface area contributed by atoms with E-state index in [0.717, 1.165) is 0 Å². The quantitative estimate of drug-likeness (QED) is 0.557. The molecular formula is C18H23BN2O7. The lowest BCUT2D eigenvalue weighted by atomic mass is 9.78. The molecule has 0 radical (unpaired) electrons. The average Bonchev–Trinajstić information content (AvgIpc) is 2.62. The summed E-state index contributed by atoms with van der Waals surface area (Å²) in [6.45, 7) is 2.23. The van der Waals surface area contributed by atoms with Crippen molar-refractivity contribution in [2.75, 3.05) is 13.1 Å². The molecule has 1 atom stereocenters. The number of hydrogen-bond acceptors (Lipinski definition) is 7. The number of nitrogens with zero attached hydrogens (tertiary/aromatic N) is 1. The van der Waals surface area contributed by atoms with Crippen molar-refractivity contribution in [3.8, 4) is 11.5 Å². The molecule has 0 aromatic heterocycles.